The van der Waals surface area contributed by atoms with Gasteiger partial charge in [0.05, 0.1) is 11.1 Å². The van der Waals surface area contributed by atoms with E-state index in [-0.39, 0.29) is 11.4 Å². The maximum atomic E-state index is 13.8. The zero-order valence-corrected chi connectivity index (χ0v) is 14.0. The Bertz CT molecular complexity index is 1100. The zero-order valence-electron chi connectivity index (χ0n) is 13.2. The standard InChI is InChI=1S/C16H9F5N2O3S/c17-10-2-1-9(5-8(10)6-22)23-7-12(27(25,26)15(18)19)13-11(23)3-4-16(20,21)14(13)24/h1-2,5,7,15H,3-4H2. The molecule has 0 N–H and O–H groups in total. The number of alkyl halides is 4. The highest BCUT2D eigenvalue weighted by atomic mass is 32.2. The topological polar surface area (TPSA) is 79.9 Å². The molecule has 1 aliphatic carbocycles. The third-order valence-corrected chi connectivity index (χ3v) is 5.59. The summed E-state index contributed by atoms with van der Waals surface area (Å²) in [4.78, 5) is 10.8. The van der Waals surface area contributed by atoms with Crippen molar-refractivity contribution in [1.29, 1.82) is 5.26 Å². The number of Topliss-reactive ketones (excluding diaryl/α,β-unsaturated/α-hetero) is 1. The molecule has 3 rings (SSSR count). The summed E-state index contributed by atoms with van der Waals surface area (Å²) in [5.41, 5.74) is -1.69. The second-order valence-corrected chi connectivity index (χ2v) is 7.69. The van der Waals surface area contributed by atoms with E-state index in [0.29, 0.717) is 6.20 Å². The number of hydrogen-bond donors (Lipinski definition) is 0. The van der Waals surface area contributed by atoms with Gasteiger partial charge in [-0.25, -0.2) is 12.8 Å². The van der Waals surface area contributed by atoms with Gasteiger partial charge in [-0.1, -0.05) is 0 Å². The molecule has 0 unspecified atom stereocenters. The first-order chi connectivity index (χ1) is 12.5. The van der Waals surface area contributed by atoms with Crippen molar-refractivity contribution in [2.45, 2.75) is 29.4 Å². The predicted octanol–water partition coefficient (Wildman–Crippen LogP) is 3.25. The monoisotopic (exact) mass is 404 g/mol. The lowest BCUT2D eigenvalue weighted by Gasteiger charge is -2.22. The number of nitriles is 1. The lowest BCUT2D eigenvalue weighted by molar-refractivity contribution is 0.00140. The quantitative estimate of drug-likeness (QED) is 0.736. The molecule has 27 heavy (non-hydrogen) atoms. The van der Waals surface area contributed by atoms with Gasteiger partial charge in [-0.15, -0.1) is 0 Å². The fourth-order valence-corrected chi connectivity index (χ4v) is 3.81. The molecule has 0 spiro atoms. The van der Waals surface area contributed by atoms with E-state index < -0.39 is 62.0 Å². The molecule has 11 heteroatoms. The Morgan fingerprint density at radius 2 is 1.93 bits per heavy atom. The van der Waals surface area contributed by atoms with E-state index in [9.17, 15) is 35.2 Å². The van der Waals surface area contributed by atoms with Gasteiger partial charge >= 0.3 is 11.7 Å². The van der Waals surface area contributed by atoms with Crippen LogP contribution in [-0.4, -0.2) is 30.4 Å². The van der Waals surface area contributed by atoms with E-state index in [2.05, 4.69) is 0 Å². The third-order valence-electron chi connectivity index (χ3n) is 4.20. The van der Waals surface area contributed by atoms with Gasteiger partial charge in [0.1, 0.15) is 16.8 Å². The van der Waals surface area contributed by atoms with E-state index in [4.69, 9.17) is 5.26 Å². The summed E-state index contributed by atoms with van der Waals surface area (Å²) in [5.74, 6) is -10.6. The first-order valence-corrected chi connectivity index (χ1v) is 8.94. The number of ketones is 1. The van der Waals surface area contributed by atoms with Crippen LogP contribution in [0.15, 0.2) is 29.3 Å². The van der Waals surface area contributed by atoms with Gasteiger partial charge < -0.3 is 4.57 Å². The SMILES string of the molecule is N#Cc1cc(-n2cc(S(=O)(=O)C(F)F)c3c2CCC(F)(F)C3=O)ccc1F. The molecule has 0 aliphatic heterocycles. The van der Waals surface area contributed by atoms with Crippen LogP contribution >= 0.6 is 0 Å². The first-order valence-electron chi connectivity index (χ1n) is 7.39. The smallest absolute Gasteiger partial charge is 0.319 e. The van der Waals surface area contributed by atoms with Crippen molar-refractivity contribution in [2.24, 2.45) is 0 Å². The van der Waals surface area contributed by atoms with Crippen LogP contribution in [0.3, 0.4) is 0 Å². The molecule has 1 aromatic carbocycles. The summed E-state index contributed by atoms with van der Waals surface area (Å²) < 4.78 is 91.8. The molecule has 0 bridgehead atoms. The Hall–Kier alpha value is -2.74. The highest BCUT2D eigenvalue weighted by molar-refractivity contribution is 7.91. The van der Waals surface area contributed by atoms with E-state index in [0.717, 1.165) is 22.8 Å². The second kappa shape index (κ2) is 6.16. The van der Waals surface area contributed by atoms with E-state index in [1.54, 1.807) is 6.07 Å². The van der Waals surface area contributed by atoms with Gasteiger partial charge in [0, 0.05) is 24.0 Å². The van der Waals surface area contributed by atoms with Crippen molar-refractivity contribution in [3.8, 4) is 11.8 Å². The normalized spacial score (nSPS) is 16.3. The van der Waals surface area contributed by atoms with Gasteiger partial charge in [0.25, 0.3) is 0 Å². The van der Waals surface area contributed by atoms with Gasteiger partial charge in [-0.3, -0.25) is 4.79 Å². The van der Waals surface area contributed by atoms with Crippen LogP contribution in [0.5, 0.6) is 0 Å². The van der Waals surface area contributed by atoms with Crippen molar-refractivity contribution < 1.29 is 35.2 Å². The number of carbonyl (C=O) groups excluding carboxylic acids is 1. The molecule has 0 fully saturated rings. The number of carbonyl (C=O) groups is 1. The fraction of sp³-hybridized carbons (Fsp3) is 0.250. The molecule has 0 saturated carbocycles. The summed E-state index contributed by atoms with van der Waals surface area (Å²) in [6.45, 7) is 0. The van der Waals surface area contributed by atoms with Crippen molar-refractivity contribution in [3.05, 3.63) is 47.0 Å². The molecule has 1 aliphatic rings. The Morgan fingerprint density at radius 3 is 2.52 bits per heavy atom. The lowest BCUT2D eigenvalue weighted by atomic mass is 9.93. The third kappa shape index (κ3) is 2.90. The molecular formula is C16H9F5N2O3S. The number of nitrogens with zero attached hydrogens (tertiary/aromatic N) is 2. The molecular weight excluding hydrogens is 395 g/mol. The molecule has 0 saturated heterocycles. The molecule has 1 aromatic heterocycles. The summed E-state index contributed by atoms with van der Waals surface area (Å²) in [7, 11) is -5.36. The van der Waals surface area contributed by atoms with Gasteiger partial charge in [-0.05, 0) is 24.6 Å². The number of hydrogen-bond acceptors (Lipinski definition) is 4. The van der Waals surface area contributed by atoms with Gasteiger partial charge in [0.15, 0.2) is 0 Å². The molecule has 1 heterocycles. The number of benzene rings is 1. The molecule has 0 radical (unpaired) electrons. The Balaban J connectivity index is 2.34. The minimum Gasteiger partial charge on any atom is -0.319 e. The van der Waals surface area contributed by atoms with Crippen LogP contribution in [0.25, 0.3) is 5.69 Å². The zero-order chi connectivity index (χ0) is 20.1. The summed E-state index contributed by atoms with van der Waals surface area (Å²) in [6.07, 6.45) is -0.796. The summed E-state index contributed by atoms with van der Waals surface area (Å²) in [5, 5.41) is 8.90. The van der Waals surface area contributed by atoms with Crippen LogP contribution in [-0.2, 0) is 16.3 Å². The minimum atomic E-state index is -5.36. The summed E-state index contributed by atoms with van der Waals surface area (Å²) in [6, 6.07) is 4.52. The van der Waals surface area contributed by atoms with Crippen LogP contribution in [0.4, 0.5) is 22.0 Å². The first kappa shape index (κ1) is 19.0. The van der Waals surface area contributed by atoms with Crippen LogP contribution in [0.2, 0.25) is 0 Å². The van der Waals surface area contributed by atoms with E-state index in [1.807, 2.05) is 0 Å². The second-order valence-electron chi connectivity index (χ2n) is 5.80. The Labute approximate surface area is 149 Å². The Kier molecular flexibility index (Phi) is 4.34. The maximum absolute atomic E-state index is 13.8. The minimum absolute atomic E-state index is 0.0297. The maximum Gasteiger partial charge on any atom is 0.341 e. The average Bonchev–Trinajstić information content (AvgIpc) is 2.99. The van der Waals surface area contributed by atoms with Crippen molar-refractivity contribution in [2.75, 3.05) is 0 Å². The number of sulfone groups is 1. The number of rotatable bonds is 3. The number of aromatic nitrogens is 1. The van der Waals surface area contributed by atoms with Crippen molar-refractivity contribution >= 4 is 15.6 Å². The van der Waals surface area contributed by atoms with Crippen LogP contribution in [0, 0.1) is 17.1 Å². The van der Waals surface area contributed by atoms with E-state index in [1.165, 1.54) is 0 Å². The molecule has 0 amide bonds. The Morgan fingerprint density at radius 1 is 1.26 bits per heavy atom. The predicted molar refractivity (Wildman–Crippen MR) is 81.2 cm³/mol. The van der Waals surface area contributed by atoms with Gasteiger partial charge in [0.2, 0.25) is 15.6 Å². The van der Waals surface area contributed by atoms with Crippen molar-refractivity contribution in [1.82, 2.24) is 4.57 Å². The fourth-order valence-electron chi connectivity index (χ4n) is 2.87. The molecule has 5 nitrogen and oxygen atoms in total. The van der Waals surface area contributed by atoms with Gasteiger partial charge in [-0.2, -0.15) is 22.8 Å². The molecule has 0 atom stereocenters. The average molecular weight is 404 g/mol. The molecule has 2 aromatic rings. The van der Waals surface area contributed by atoms with Crippen molar-refractivity contribution in [3.63, 3.8) is 0 Å². The highest BCUT2D eigenvalue weighted by Crippen LogP contribution is 2.39. The largest absolute Gasteiger partial charge is 0.341 e. The van der Waals surface area contributed by atoms with Crippen LogP contribution in [0.1, 0.15) is 28.0 Å². The lowest BCUT2D eigenvalue weighted by Crippen LogP contribution is -2.35. The summed E-state index contributed by atoms with van der Waals surface area (Å²) >= 11 is 0. The highest BCUT2D eigenvalue weighted by Gasteiger charge is 2.48. The number of halogens is 5. The number of fused-ring (bicyclic) bond motifs is 1. The van der Waals surface area contributed by atoms with Crippen LogP contribution < -0.4 is 0 Å². The van der Waals surface area contributed by atoms with E-state index >= 15 is 0 Å². The molecule has 142 valence electrons.